The molecule has 2 aliphatic rings. The predicted molar refractivity (Wildman–Crippen MR) is 128 cm³/mol. The number of nitrogens with zero attached hydrogens (tertiary/aromatic N) is 2. The number of fused-ring (bicyclic) bond motifs is 4. The van der Waals surface area contributed by atoms with Crippen LogP contribution in [0.25, 0.3) is 0 Å². The van der Waals surface area contributed by atoms with E-state index in [1.54, 1.807) is 30.6 Å². The molecular weight excluding hydrogens is 430 g/mol. The maximum absolute atomic E-state index is 13.7. The number of carbonyl (C=O) groups excluding carboxylic acids is 2. The van der Waals surface area contributed by atoms with Crippen LogP contribution in [0, 0.1) is 0 Å². The zero-order valence-corrected chi connectivity index (χ0v) is 19.3. The van der Waals surface area contributed by atoms with Crippen molar-refractivity contribution in [3.63, 3.8) is 0 Å². The van der Waals surface area contributed by atoms with Crippen molar-refractivity contribution in [2.24, 2.45) is 0 Å². The summed E-state index contributed by atoms with van der Waals surface area (Å²) in [5.41, 5.74) is 3.91. The zero-order valence-electron chi connectivity index (χ0n) is 19.3. The number of hydrogen-bond acceptors (Lipinski definition) is 5. The third kappa shape index (κ3) is 3.77. The second-order valence-corrected chi connectivity index (χ2v) is 8.35. The van der Waals surface area contributed by atoms with Crippen molar-refractivity contribution in [2.45, 2.75) is 32.2 Å². The van der Waals surface area contributed by atoms with Crippen LogP contribution in [0.4, 0.5) is 5.69 Å². The molecule has 34 heavy (non-hydrogen) atoms. The highest BCUT2D eigenvalue weighted by Crippen LogP contribution is 2.48. The van der Waals surface area contributed by atoms with Gasteiger partial charge in [-0.3, -0.25) is 14.6 Å². The first-order chi connectivity index (χ1) is 16.6. The minimum absolute atomic E-state index is 0.0523. The van der Waals surface area contributed by atoms with Gasteiger partial charge in [-0.25, -0.2) is 0 Å². The number of aromatic nitrogens is 1. The highest BCUT2D eigenvalue weighted by molar-refractivity contribution is 6.04. The van der Waals surface area contributed by atoms with E-state index in [-0.39, 0.29) is 11.8 Å². The van der Waals surface area contributed by atoms with E-state index in [2.05, 4.69) is 10.3 Å². The van der Waals surface area contributed by atoms with Gasteiger partial charge in [0.1, 0.15) is 0 Å². The Labute approximate surface area is 198 Å². The van der Waals surface area contributed by atoms with E-state index >= 15 is 0 Å². The van der Waals surface area contributed by atoms with Crippen molar-refractivity contribution in [3.05, 3.63) is 83.2 Å². The molecule has 1 N–H and O–H groups in total. The van der Waals surface area contributed by atoms with Crippen molar-refractivity contribution in [1.82, 2.24) is 9.88 Å². The van der Waals surface area contributed by atoms with E-state index in [1.807, 2.05) is 49.1 Å². The topological polar surface area (TPSA) is 80.8 Å². The van der Waals surface area contributed by atoms with Gasteiger partial charge < -0.3 is 19.7 Å². The SMILES string of the molecule is CCOc1cc2c(cc1OCC)[C@@H]1[C@H](C(=O)Nc3cccnc3)c3ccccc3C(=O)N1CC2. The summed E-state index contributed by atoms with van der Waals surface area (Å²) >= 11 is 0. The molecule has 174 valence electrons. The summed E-state index contributed by atoms with van der Waals surface area (Å²) in [6.07, 6.45) is 3.96. The Kier molecular flexibility index (Phi) is 5.92. The molecule has 0 spiro atoms. The summed E-state index contributed by atoms with van der Waals surface area (Å²) in [6.45, 7) is 5.40. The summed E-state index contributed by atoms with van der Waals surface area (Å²) in [5, 5.41) is 3.01. The Morgan fingerprint density at radius 1 is 1.06 bits per heavy atom. The Bertz CT molecular complexity index is 1230. The summed E-state index contributed by atoms with van der Waals surface area (Å²) in [7, 11) is 0. The fourth-order valence-corrected chi connectivity index (χ4v) is 5.01. The molecule has 0 aliphatic carbocycles. The van der Waals surface area contributed by atoms with Crippen LogP contribution in [0.15, 0.2) is 60.9 Å². The fraction of sp³-hybridized carbons (Fsp3) is 0.296. The third-order valence-electron chi connectivity index (χ3n) is 6.40. The Morgan fingerprint density at radius 2 is 1.82 bits per heavy atom. The number of amides is 2. The van der Waals surface area contributed by atoms with Gasteiger partial charge in [-0.15, -0.1) is 0 Å². The minimum atomic E-state index is -0.583. The predicted octanol–water partition coefficient (Wildman–Crippen LogP) is 4.35. The minimum Gasteiger partial charge on any atom is -0.490 e. The molecule has 0 fully saturated rings. The van der Waals surface area contributed by atoms with Crippen LogP contribution < -0.4 is 14.8 Å². The third-order valence-corrected chi connectivity index (χ3v) is 6.40. The Balaban J connectivity index is 1.65. The van der Waals surface area contributed by atoms with Crippen LogP contribution in [0.5, 0.6) is 11.5 Å². The standard InChI is InChI=1S/C27H27N3O4/c1-3-33-22-14-17-11-13-30-25(21(17)15-23(22)34-4-2)24(19-9-5-6-10-20(19)27(30)32)26(31)29-18-8-7-12-28-16-18/h5-10,12,14-16,24-25H,3-4,11,13H2,1-2H3,(H,29,31)/t24-,25-/m1/s1. The summed E-state index contributed by atoms with van der Waals surface area (Å²) in [5.74, 6) is 0.505. The smallest absolute Gasteiger partial charge is 0.254 e. The van der Waals surface area contributed by atoms with Crippen molar-refractivity contribution in [3.8, 4) is 11.5 Å². The molecule has 3 heterocycles. The van der Waals surface area contributed by atoms with Gasteiger partial charge in [0.25, 0.3) is 5.91 Å². The van der Waals surface area contributed by atoms with Crippen LogP contribution in [-0.4, -0.2) is 41.5 Å². The second kappa shape index (κ2) is 9.17. The lowest BCUT2D eigenvalue weighted by molar-refractivity contribution is -0.119. The van der Waals surface area contributed by atoms with Gasteiger partial charge in [-0.2, -0.15) is 0 Å². The molecule has 0 radical (unpaired) electrons. The van der Waals surface area contributed by atoms with E-state index in [0.29, 0.717) is 48.9 Å². The quantitative estimate of drug-likeness (QED) is 0.595. The monoisotopic (exact) mass is 457 g/mol. The molecule has 2 amide bonds. The number of nitrogens with one attached hydrogen (secondary N) is 1. The lowest BCUT2D eigenvalue weighted by atomic mass is 9.75. The summed E-state index contributed by atoms with van der Waals surface area (Å²) < 4.78 is 11.7. The normalized spacial score (nSPS) is 18.4. The second-order valence-electron chi connectivity index (χ2n) is 8.35. The van der Waals surface area contributed by atoms with Gasteiger partial charge in [0.15, 0.2) is 11.5 Å². The molecule has 0 unspecified atom stereocenters. The van der Waals surface area contributed by atoms with Crippen LogP contribution in [-0.2, 0) is 11.2 Å². The number of hydrogen-bond donors (Lipinski definition) is 1. The average Bonchev–Trinajstić information content (AvgIpc) is 2.85. The number of anilines is 1. The lowest BCUT2D eigenvalue weighted by Crippen LogP contribution is -2.49. The van der Waals surface area contributed by atoms with Crippen molar-refractivity contribution >= 4 is 17.5 Å². The number of rotatable bonds is 6. The van der Waals surface area contributed by atoms with Crippen LogP contribution in [0.1, 0.15) is 52.9 Å². The van der Waals surface area contributed by atoms with E-state index in [9.17, 15) is 9.59 Å². The molecule has 7 heteroatoms. The molecule has 0 bridgehead atoms. The van der Waals surface area contributed by atoms with Crippen LogP contribution in [0.2, 0.25) is 0 Å². The van der Waals surface area contributed by atoms with Crippen molar-refractivity contribution < 1.29 is 19.1 Å². The highest BCUT2D eigenvalue weighted by Gasteiger charge is 2.46. The van der Waals surface area contributed by atoms with Gasteiger partial charge in [0.2, 0.25) is 5.91 Å². The highest BCUT2D eigenvalue weighted by atomic mass is 16.5. The first-order valence-electron chi connectivity index (χ1n) is 11.7. The molecule has 5 rings (SSSR count). The maximum atomic E-state index is 13.7. The first kappa shape index (κ1) is 21.9. The van der Waals surface area contributed by atoms with Crippen molar-refractivity contribution in [1.29, 1.82) is 0 Å². The van der Waals surface area contributed by atoms with E-state index in [1.165, 1.54) is 0 Å². The van der Waals surface area contributed by atoms with Gasteiger partial charge in [-0.1, -0.05) is 18.2 Å². The average molecular weight is 458 g/mol. The summed E-state index contributed by atoms with van der Waals surface area (Å²) in [4.78, 5) is 33.2. The van der Waals surface area contributed by atoms with Gasteiger partial charge >= 0.3 is 0 Å². The van der Waals surface area contributed by atoms with Crippen LogP contribution in [0.3, 0.4) is 0 Å². The van der Waals surface area contributed by atoms with E-state index in [0.717, 1.165) is 16.7 Å². The number of benzene rings is 2. The van der Waals surface area contributed by atoms with Crippen molar-refractivity contribution in [2.75, 3.05) is 25.1 Å². The van der Waals surface area contributed by atoms with Gasteiger partial charge in [0, 0.05) is 18.3 Å². The van der Waals surface area contributed by atoms with E-state index in [4.69, 9.17) is 9.47 Å². The Morgan fingerprint density at radius 3 is 2.56 bits per heavy atom. The van der Waals surface area contributed by atoms with Gasteiger partial charge in [0.05, 0.1) is 37.1 Å². The lowest BCUT2D eigenvalue weighted by Gasteiger charge is -2.45. The zero-order chi connectivity index (χ0) is 23.7. The van der Waals surface area contributed by atoms with Gasteiger partial charge in [-0.05, 0) is 67.3 Å². The fourth-order valence-electron chi connectivity index (χ4n) is 5.01. The summed E-state index contributed by atoms with van der Waals surface area (Å²) in [6, 6.07) is 14.5. The molecule has 2 aliphatic heterocycles. The molecule has 1 aromatic heterocycles. The first-order valence-corrected chi connectivity index (χ1v) is 11.7. The number of pyridine rings is 1. The van der Waals surface area contributed by atoms with Crippen LogP contribution >= 0.6 is 0 Å². The molecule has 0 saturated carbocycles. The Hall–Kier alpha value is -3.87. The van der Waals surface area contributed by atoms with E-state index < -0.39 is 12.0 Å². The molecule has 3 aromatic rings. The molecule has 2 aromatic carbocycles. The number of ether oxygens (including phenoxy) is 2. The maximum Gasteiger partial charge on any atom is 0.254 e. The number of carbonyl (C=O) groups is 2. The molecule has 7 nitrogen and oxygen atoms in total. The molecular formula is C27H27N3O4. The molecule has 0 saturated heterocycles. The molecule has 2 atom stereocenters. The largest absolute Gasteiger partial charge is 0.490 e.